The van der Waals surface area contributed by atoms with Gasteiger partial charge in [-0.25, -0.2) is 4.79 Å². The highest BCUT2D eigenvalue weighted by Gasteiger charge is 2.76. The van der Waals surface area contributed by atoms with Crippen LogP contribution in [0.25, 0.3) is 6.08 Å². The number of esters is 3. The van der Waals surface area contributed by atoms with Gasteiger partial charge >= 0.3 is 24.1 Å². The zero-order chi connectivity index (χ0) is 48.6. The minimum atomic E-state index is -4.65. The quantitative estimate of drug-likeness (QED) is 0.0486. The van der Waals surface area contributed by atoms with E-state index in [2.05, 4.69) is 29.2 Å². The zero-order valence-corrected chi connectivity index (χ0v) is 38.9. The molecular weight excluding hydrogens is 880 g/mol. The monoisotopic (exact) mass is 943 g/mol. The summed E-state index contributed by atoms with van der Waals surface area (Å²) < 4.78 is 67.0. The van der Waals surface area contributed by atoms with E-state index in [1.807, 2.05) is 0 Å². The van der Waals surface area contributed by atoms with Gasteiger partial charge in [-0.1, -0.05) is 75.9 Å². The predicted molar refractivity (Wildman–Crippen MR) is 236 cm³/mol. The molecule has 4 fully saturated rings. The van der Waals surface area contributed by atoms with Crippen LogP contribution in [0.5, 0.6) is 0 Å². The molecule has 1 saturated carbocycles. The van der Waals surface area contributed by atoms with Crippen LogP contribution in [-0.2, 0) is 60.8 Å². The Balaban J connectivity index is 1.22. The SMILES string of the molecule is CCCCCC1(CCCCC)O[C@@H]2[C@H]3ON(Cc4ccc(C=CC(=O)OCC(F)(F)F)cc4)[C@H]4C(=O)OC(CC34C(=O)NCc3cccc(C(=O)N[C@H](CO)CCC(=O)OC(C)(C)C)c3)[C@@H]2O1. The zero-order valence-electron chi connectivity index (χ0n) is 38.9. The smallest absolute Gasteiger partial charge is 0.422 e. The number of ether oxygens (including phenoxy) is 5. The standard InChI is InChI=1S/C49H64F3N3O12/c1-6-8-10-23-47(24-11-9-7-2)65-39-36-26-48(45(61)53-27-33-13-12-14-34(25-33)43(59)54-35(29-56)20-22-38(58)64-46(3,4)5)41(44(60)63-36)55(67-42(48)40(39)66-47)28-32-17-15-31(16-18-32)19-21-37(57)62-30-49(50,51)52/h12-19,21,25,35-36,39-42,56H,6-11,20,22-24,26-30H2,1-5H3,(H,53,61)(H,54,59)/t35-,36?,39-,40-,41-,42+,48?/m0/s1. The molecule has 3 N–H and O–H groups in total. The Morgan fingerprint density at radius 3 is 2.28 bits per heavy atom. The molecule has 2 amide bonds. The van der Waals surface area contributed by atoms with E-state index in [-0.39, 0.29) is 37.9 Å². The van der Waals surface area contributed by atoms with Crippen LogP contribution in [0, 0.1) is 5.41 Å². The van der Waals surface area contributed by atoms with Crippen LogP contribution >= 0.6 is 0 Å². The molecule has 15 nitrogen and oxygen atoms in total. The van der Waals surface area contributed by atoms with Gasteiger partial charge in [0, 0.05) is 43.9 Å². The molecule has 18 heteroatoms. The average molecular weight is 944 g/mol. The van der Waals surface area contributed by atoms with E-state index in [9.17, 15) is 42.3 Å². The average Bonchev–Trinajstić information content (AvgIpc) is 3.83. The van der Waals surface area contributed by atoms with E-state index in [0.29, 0.717) is 29.5 Å². The molecule has 0 spiro atoms. The topological polar surface area (TPSA) is 188 Å². The van der Waals surface area contributed by atoms with Crippen molar-refractivity contribution in [2.24, 2.45) is 5.41 Å². The lowest BCUT2D eigenvalue weighted by Crippen LogP contribution is -2.69. The lowest BCUT2D eigenvalue weighted by Gasteiger charge is -2.48. The normalized spacial score (nSPS) is 24.7. The number of benzene rings is 2. The van der Waals surface area contributed by atoms with Gasteiger partial charge in [0.2, 0.25) is 5.91 Å². The number of hydrogen-bond acceptors (Lipinski definition) is 13. The summed E-state index contributed by atoms with van der Waals surface area (Å²) in [5, 5.41) is 17.2. The molecule has 3 saturated heterocycles. The Labute approximate surface area is 389 Å². The van der Waals surface area contributed by atoms with Crippen LogP contribution in [0.4, 0.5) is 13.2 Å². The van der Waals surface area contributed by atoms with E-state index >= 15 is 0 Å². The first-order valence-corrected chi connectivity index (χ1v) is 23.3. The van der Waals surface area contributed by atoms with Gasteiger partial charge in [-0.3, -0.25) is 24.0 Å². The molecule has 3 aliphatic heterocycles. The van der Waals surface area contributed by atoms with Crippen molar-refractivity contribution >= 4 is 35.8 Å². The fourth-order valence-corrected chi connectivity index (χ4v) is 9.31. The minimum absolute atomic E-state index is 0.00579. The molecule has 2 bridgehead atoms. The third-order valence-electron chi connectivity index (χ3n) is 12.4. The fourth-order valence-electron chi connectivity index (χ4n) is 9.31. The van der Waals surface area contributed by atoms with Crippen LogP contribution in [0.2, 0.25) is 0 Å². The maximum Gasteiger partial charge on any atom is 0.422 e. The van der Waals surface area contributed by atoms with E-state index in [4.69, 9.17) is 23.8 Å². The first-order chi connectivity index (χ1) is 31.8. The van der Waals surface area contributed by atoms with Crippen molar-refractivity contribution in [3.63, 3.8) is 0 Å². The van der Waals surface area contributed by atoms with Crippen molar-refractivity contribution < 1.29 is 70.8 Å². The maximum atomic E-state index is 15.0. The lowest BCUT2D eigenvalue weighted by atomic mass is 9.62. The van der Waals surface area contributed by atoms with Crippen molar-refractivity contribution in [1.82, 2.24) is 15.7 Å². The molecule has 3 heterocycles. The number of nitrogens with zero attached hydrogens (tertiary/aromatic N) is 1. The number of aliphatic hydroxyl groups excluding tert-OH is 1. The van der Waals surface area contributed by atoms with E-state index in [1.165, 1.54) is 11.1 Å². The highest BCUT2D eigenvalue weighted by Crippen LogP contribution is 2.58. The van der Waals surface area contributed by atoms with Crippen molar-refractivity contribution in [3.05, 3.63) is 76.9 Å². The number of alkyl halides is 3. The molecule has 67 heavy (non-hydrogen) atoms. The Hall–Kier alpha value is -4.88. The highest BCUT2D eigenvalue weighted by atomic mass is 19.4. The van der Waals surface area contributed by atoms with E-state index in [0.717, 1.165) is 44.6 Å². The number of carbonyl (C=O) groups is 5. The molecule has 4 aliphatic rings. The van der Waals surface area contributed by atoms with Crippen molar-refractivity contribution in [2.45, 2.75) is 172 Å². The summed E-state index contributed by atoms with van der Waals surface area (Å²) in [6.45, 7) is 7.39. The van der Waals surface area contributed by atoms with Gasteiger partial charge in [0.05, 0.1) is 19.2 Å². The summed E-state index contributed by atoms with van der Waals surface area (Å²) in [6.07, 6.45) is 1.38. The number of rotatable bonds is 22. The number of unbranched alkanes of at least 4 members (excludes halogenated alkanes) is 4. The van der Waals surface area contributed by atoms with Gasteiger partial charge < -0.3 is 39.4 Å². The Bertz CT molecular complexity index is 2080. The number of nitrogens with one attached hydrogen (secondary N) is 2. The second kappa shape index (κ2) is 22.0. The second-order valence-corrected chi connectivity index (χ2v) is 18.9. The van der Waals surface area contributed by atoms with Crippen molar-refractivity contribution in [2.75, 3.05) is 13.2 Å². The molecule has 6 rings (SSSR count). The van der Waals surface area contributed by atoms with Crippen LogP contribution in [0.3, 0.4) is 0 Å². The highest BCUT2D eigenvalue weighted by molar-refractivity contribution is 5.95. The lowest BCUT2D eigenvalue weighted by molar-refractivity contribution is -0.224. The molecule has 2 unspecified atom stereocenters. The fraction of sp³-hybridized carbons (Fsp3) is 0.612. The maximum absolute atomic E-state index is 15.0. The summed E-state index contributed by atoms with van der Waals surface area (Å²) in [5.74, 6) is -4.19. The van der Waals surface area contributed by atoms with Crippen LogP contribution < -0.4 is 10.6 Å². The Morgan fingerprint density at radius 2 is 1.64 bits per heavy atom. The predicted octanol–water partition coefficient (Wildman–Crippen LogP) is 6.78. The summed E-state index contributed by atoms with van der Waals surface area (Å²) in [4.78, 5) is 73.5. The van der Waals surface area contributed by atoms with Gasteiger partial charge in [0.15, 0.2) is 18.4 Å². The molecule has 368 valence electrons. The summed E-state index contributed by atoms with van der Waals surface area (Å²) in [5.41, 5.74) is -0.180. The number of halogens is 3. The molecular formula is C49H64F3N3O12. The minimum Gasteiger partial charge on any atom is -0.460 e. The number of hydroxylamine groups is 2. The Morgan fingerprint density at radius 1 is 0.955 bits per heavy atom. The van der Waals surface area contributed by atoms with Gasteiger partial charge in [-0.15, -0.1) is 0 Å². The summed E-state index contributed by atoms with van der Waals surface area (Å²) >= 11 is 0. The van der Waals surface area contributed by atoms with E-state index < -0.39 is 102 Å². The molecule has 1 aliphatic carbocycles. The first-order valence-electron chi connectivity index (χ1n) is 23.3. The third-order valence-corrected chi connectivity index (χ3v) is 12.4. The molecule has 2 aromatic carbocycles. The van der Waals surface area contributed by atoms with Crippen molar-refractivity contribution in [1.29, 1.82) is 0 Å². The van der Waals surface area contributed by atoms with Gasteiger partial charge in [-0.05, 0) is 74.9 Å². The summed E-state index contributed by atoms with van der Waals surface area (Å²) in [7, 11) is 0. The number of aliphatic hydroxyl groups is 1. The first kappa shape index (κ1) is 51.5. The number of carbonyl (C=O) groups excluding carboxylic acids is 5. The van der Waals surface area contributed by atoms with E-state index in [1.54, 1.807) is 69.3 Å². The van der Waals surface area contributed by atoms with Gasteiger partial charge in [0.1, 0.15) is 35.4 Å². The van der Waals surface area contributed by atoms with Crippen LogP contribution in [-0.4, -0.2) is 107 Å². The molecule has 0 aromatic heterocycles. The molecule has 0 radical (unpaired) electrons. The summed E-state index contributed by atoms with van der Waals surface area (Å²) in [6, 6.07) is 11.4. The largest absolute Gasteiger partial charge is 0.460 e. The van der Waals surface area contributed by atoms with Crippen LogP contribution in [0.1, 0.15) is 132 Å². The number of hydrogen-bond donors (Lipinski definition) is 3. The van der Waals surface area contributed by atoms with Crippen LogP contribution in [0.15, 0.2) is 54.6 Å². The number of amides is 2. The molecule has 2 aromatic rings. The van der Waals surface area contributed by atoms with Crippen molar-refractivity contribution in [3.8, 4) is 0 Å². The van der Waals surface area contributed by atoms with Gasteiger partial charge in [-0.2, -0.15) is 18.2 Å². The number of fused-ring (bicyclic) bond motifs is 4. The second-order valence-electron chi connectivity index (χ2n) is 18.9. The third kappa shape index (κ3) is 13.0. The Kier molecular flexibility index (Phi) is 16.9. The molecule has 7 atom stereocenters. The van der Waals surface area contributed by atoms with Gasteiger partial charge in [0.25, 0.3) is 5.91 Å².